The van der Waals surface area contributed by atoms with Crippen LogP contribution in [0.2, 0.25) is 0 Å². The van der Waals surface area contributed by atoms with Crippen LogP contribution in [0, 0.1) is 6.92 Å². The smallest absolute Gasteiger partial charge is 0.222 e. The van der Waals surface area contributed by atoms with Crippen molar-refractivity contribution in [1.82, 2.24) is 15.0 Å². The Balaban J connectivity index is 1.87. The number of carbonyl (C=O) groups is 1. The summed E-state index contributed by atoms with van der Waals surface area (Å²) in [7, 11) is 3.58. The Morgan fingerprint density at radius 2 is 1.79 bits per heavy atom. The van der Waals surface area contributed by atoms with Crippen molar-refractivity contribution in [3.63, 3.8) is 0 Å². The molecule has 0 saturated heterocycles. The van der Waals surface area contributed by atoms with E-state index in [-0.39, 0.29) is 5.91 Å². The van der Waals surface area contributed by atoms with Gasteiger partial charge in [0.25, 0.3) is 0 Å². The SMILES string of the molecule is Cc1onc(-c2ccccc2)c1-c1[nH]c2ccccc2c1CCC(=O)N(C)C. The molecule has 4 rings (SSSR count). The van der Waals surface area contributed by atoms with Crippen molar-refractivity contribution >= 4 is 16.8 Å². The van der Waals surface area contributed by atoms with Crippen molar-refractivity contribution in [2.45, 2.75) is 19.8 Å². The lowest BCUT2D eigenvalue weighted by Gasteiger charge is -2.11. The van der Waals surface area contributed by atoms with Crippen LogP contribution in [0.5, 0.6) is 0 Å². The molecule has 0 unspecified atom stereocenters. The summed E-state index contributed by atoms with van der Waals surface area (Å²) >= 11 is 0. The number of amides is 1. The molecular formula is C23H23N3O2. The van der Waals surface area contributed by atoms with Gasteiger partial charge in [-0.15, -0.1) is 0 Å². The zero-order chi connectivity index (χ0) is 19.7. The van der Waals surface area contributed by atoms with Crippen LogP contribution in [-0.2, 0) is 11.2 Å². The van der Waals surface area contributed by atoms with E-state index in [1.165, 1.54) is 0 Å². The number of nitrogens with zero attached hydrogens (tertiary/aromatic N) is 2. The fourth-order valence-corrected chi connectivity index (χ4v) is 3.59. The Labute approximate surface area is 164 Å². The average molecular weight is 373 g/mol. The molecule has 0 radical (unpaired) electrons. The number of nitrogens with one attached hydrogen (secondary N) is 1. The second-order valence-corrected chi connectivity index (χ2v) is 7.14. The molecule has 142 valence electrons. The summed E-state index contributed by atoms with van der Waals surface area (Å²) in [6.45, 7) is 1.93. The van der Waals surface area contributed by atoms with Crippen molar-refractivity contribution in [2.75, 3.05) is 14.1 Å². The molecule has 0 aliphatic heterocycles. The van der Waals surface area contributed by atoms with Crippen molar-refractivity contribution in [3.8, 4) is 22.5 Å². The molecule has 0 spiro atoms. The third-order valence-corrected chi connectivity index (χ3v) is 5.06. The summed E-state index contributed by atoms with van der Waals surface area (Å²) in [4.78, 5) is 17.4. The molecule has 5 heteroatoms. The Morgan fingerprint density at radius 3 is 2.54 bits per heavy atom. The van der Waals surface area contributed by atoms with Gasteiger partial charge < -0.3 is 14.4 Å². The number of hydrogen-bond acceptors (Lipinski definition) is 3. The summed E-state index contributed by atoms with van der Waals surface area (Å²) in [5, 5.41) is 5.46. The topological polar surface area (TPSA) is 62.1 Å². The minimum Gasteiger partial charge on any atom is -0.360 e. The molecule has 0 fully saturated rings. The summed E-state index contributed by atoms with van der Waals surface area (Å²) in [6, 6.07) is 18.2. The molecule has 1 amide bonds. The number of benzene rings is 2. The second-order valence-electron chi connectivity index (χ2n) is 7.14. The normalized spacial score (nSPS) is 11.1. The number of hydrogen-bond donors (Lipinski definition) is 1. The number of carbonyl (C=O) groups excluding carboxylic acids is 1. The quantitative estimate of drug-likeness (QED) is 0.545. The molecule has 2 aromatic heterocycles. The maximum Gasteiger partial charge on any atom is 0.222 e. The van der Waals surface area contributed by atoms with E-state index in [4.69, 9.17) is 4.52 Å². The largest absolute Gasteiger partial charge is 0.360 e. The lowest BCUT2D eigenvalue weighted by Crippen LogP contribution is -2.21. The highest BCUT2D eigenvalue weighted by molar-refractivity contribution is 5.94. The van der Waals surface area contributed by atoms with Gasteiger partial charge in [0, 0.05) is 37.0 Å². The van der Waals surface area contributed by atoms with E-state index >= 15 is 0 Å². The van der Waals surface area contributed by atoms with Gasteiger partial charge >= 0.3 is 0 Å². The first-order valence-corrected chi connectivity index (χ1v) is 9.38. The first-order valence-electron chi connectivity index (χ1n) is 9.38. The number of aromatic amines is 1. The first kappa shape index (κ1) is 18.0. The molecule has 0 atom stereocenters. The highest BCUT2D eigenvalue weighted by Crippen LogP contribution is 2.38. The molecule has 0 aliphatic rings. The number of H-pyrrole nitrogens is 1. The highest BCUT2D eigenvalue weighted by Gasteiger charge is 2.23. The standard InChI is InChI=1S/C23H23N3O2/c1-15-21(22(25-28-15)16-9-5-4-6-10-16)23-18(13-14-20(27)26(2)3)17-11-7-8-12-19(17)24-23/h4-12,24H,13-14H2,1-3H3. The Morgan fingerprint density at radius 1 is 1.07 bits per heavy atom. The van der Waals surface area contributed by atoms with Crippen LogP contribution in [0.4, 0.5) is 0 Å². The molecule has 1 N–H and O–H groups in total. The van der Waals surface area contributed by atoms with E-state index in [1.54, 1.807) is 19.0 Å². The van der Waals surface area contributed by atoms with Gasteiger partial charge in [0.2, 0.25) is 5.91 Å². The first-order chi connectivity index (χ1) is 13.6. The number of fused-ring (bicyclic) bond motifs is 1. The molecular weight excluding hydrogens is 350 g/mol. The number of aryl methyl sites for hydroxylation is 2. The van der Waals surface area contributed by atoms with Gasteiger partial charge in [0.15, 0.2) is 0 Å². The third kappa shape index (κ3) is 3.20. The van der Waals surface area contributed by atoms with Gasteiger partial charge in [0.1, 0.15) is 11.5 Å². The van der Waals surface area contributed by atoms with Gasteiger partial charge in [-0.25, -0.2) is 0 Å². The molecule has 5 nitrogen and oxygen atoms in total. The van der Waals surface area contributed by atoms with Crippen LogP contribution in [0.15, 0.2) is 59.1 Å². The maximum atomic E-state index is 12.2. The van der Waals surface area contributed by atoms with Gasteiger partial charge in [-0.2, -0.15) is 0 Å². The lowest BCUT2D eigenvalue weighted by molar-refractivity contribution is -0.128. The second kappa shape index (κ2) is 7.35. The summed E-state index contributed by atoms with van der Waals surface area (Å²) in [6.07, 6.45) is 1.10. The van der Waals surface area contributed by atoms with Crippen molar-refractivity contribution in [1.29, 1.82) is 0 Å². The predicted molar refractivity (Wildman–Crippen MR) is 111 cm³/mol. The Bertz CT molecular complexity index is 1120. The van der Waals surface area contributed by atoms with Gasteiger partial charge in [-0.3, -0.25) is 4.79 Å². The highest BCUT2D eigenvalue weighted by atomic mass is 16.5. The Hall–Kier alpha value is -3.34. The van der Waals surface area contributed by atoms with E-state index in [1.807, 2.05) is 49.4 Å². The maximum absolute atomic E-state index is 12.2. The monoisotopic (exact) mass is 373 g/mol. The van der Waals surface area contributed by atoms with Crippen LogP contribution < -0.4 is 0 Å². The van der Waals surface area contributed by atoms with Crippen molar-refractivity contribution in [3.05, 3.63) is 65.9 Å². The Kier molecular flexibility index (Phi) is 4.74. The van der Waals surface area contributed by atoms with E-state index in [0.29, 0.717) is 12.8 Å². The van der Waals surface area contributed by atoms with Gasteiger partial charge in [-0.1, -0.05) is 53.7 Å². The van der Waals surface area contributed by atoms with Crippen LogP contribution in [-0.4, -0.2) is 35.0 Å². The van der Waals surface area contributed by atoms with E-state index < -0.39 is 0 Å². The average Bonchev–Trinajstić information content (AvgIpc) is 3.26. The van der Waals surface area contributed by atoms with Crippen LogP contribution in [0.25, 0.3) is 33.4 Å². The van der Waals surface area contributed by atoms with Gasteiger partial charge in [-0.05, 0) is 25.0 Å². The summed E-state index contributed by atoms with van der Waals surface area (Å²) in [5.41, 5.74) is 5.91. The molecule has 28 heavy (non-hydrogen) atoms. The van der Waals surface area contributed by atoms with E-state index in [0.717, 1.165) is 44.7 Å². The van der Waals surface area contributed by atoms with Crippen LogP contribution in [0.3, 0.4) is 0 Å². The van der Waals surface area contributed by atoms with E-state index in [9.17, 15) is 4.79 Å². The van der Waals surface area contributed by atoms with Crippen molar-refractivity contribution in [2.24, 2.45) is 0 Å². The molecule has 2 heterocycles. The van der Waals surface area contributed by atoms with Gasteiger partial charge in [0.05, 0.1) is 11.3 Å². The lowest BCUT2D eigenvalue weighted by atomic mass is 9.97. The molecule has 4 aromatic rings. The van der Waals surface area contributed by atoms with E-state index in [2.05, 4.69) is 22.3 Å². The molecule has 0 saturated carbocycles. The molecule has 2 aromatic carbocycles. The number of rotatable bonds is 5. The fraction of sp³-hybridized carbons (Fsp3) is 0.217. The minimum atomic E-state index is 0.113. The van der Waals surface area contributed by atoms with Crippen LogP contribution in [0.1, 0.15) is 17.7 Å². The molecule has 0 bridgehead atoms. The zero-order valence-corrected chi connectivity index (χ0v) is 16.3. The summed E-state index contributed by atoms with van der Waals surface area (Å²) in [5.74, 6) is 0.868. The molecule has 0 aliphatic carbocycles. The van der Waals surface area contributed by atoms with Crippen molar-refractivity contribution < 1.29 is 9.32 Å². The minimum absolute atomic E-state index is 0.113. The summed E-state index contributed by atoms with van der Waals surface area (Å²) < 4.78 is 5.57. The fourth-order valence-electron chi connectivity index (χ4n) is 3.59. The zero-order valence-electron chi connectivity index (χ0n) is 16.3. The number of aromatic nitrogens is 2. The third-order valence-electron chi connectivity index (χ3n) is 5.06. The van der Waals surface area contributed by atoms with Crippen LogP contribution >= 0.6 is 0 Å². The predicted octanol–water partition coefficient (Wildman–Crippen LogP) is 4.82. The number of para-hydroxylation sites is 1.